The zero-order valence-electron chi connectivity index (χ0n) is 8.76. The number of hydrogen-bond donors (Lipinski definition) is 1. The molecule has 3 nitrogen and oxygen atoms in total. The molecule has 80 valence electrons. The van der Waals surface area contributed by atoms with Crippen molar-refractivity contribution in [2.24, 2.45) is 5.73 Å². The fraction of sp³-hybridized carbons (Fsp3) is 0.364. The van der Waals surface area contributed by atoms with Gasteiger partial charge in [0.05, 0.1) is 12.4 Å². The summed E-state index contributed by atoms with van der Waals surface area (Å²) in [6.07, 6.45) is 4.67. The van der Waals surface area contributed by atoms with Crippen LogP contribution >= 0.6 is 11.3 Å². The highest BCUT2D eigenvalue weighted by molar-refractivity contribution is 7.10. The fourth-order valence-corrected chi connectivity index (χ4v) is 2.47. The molecule has 0 aromatic carbocycles. The Hall–Kier alpha value is -1.13. The van der Waals surface area contributed by atoms with Crippen LogP contribution < -0.4 is 5.73 Å². The van der Waals surface area contributed by atoms with Crippen molar-refractivity contribution < 1.29 is 0 Å². The standard InChI is InChI=1S/C11H15N3S/c1-9(11-3-2-6-15-11)14-8-13-7-10(14)4-5-12/h2-3,6-9H,4-5,12H2,1H3. The van der Waals surface area contributed by atoms with E-state index in [0.717, 1.165) is 6.42 Å². The van der Waals surface area contributed by atoms with Crippen LogP contribution in [0.3, 0.4) is 0 Å². The first kappa shape index (κ1) is 10.4. The number of nitrogens with zero attached hydrogens (tertiary/aromatic N) is 2. The Kier molecular flexibility index (Phi) is 3.18. The molecule has 15 heavy (non-hydrogen) atoms. The second-order valence-electron chi connectivity index (χ2n) is 3.52. The summed E-state index contributed by atoms with van der Waals surface area (Å²) < 4.78 is 2.19. The Balaban J connectivity index is 2.25. The van der Waals surface area contributed by atoms with E-state index in [2.05, 4.69) is 34.0 Å². The predicted molar refractivity (Wildman–Crippen MR) is 63.1 cm³/mol. The molecule has 0 amide bonds. The van der Waals surface area contributed by atoms with E-state index >= 15 is 0 Å². The molecule has 0 spiro atoms. The minimum Gasteiger partial charge on any atom is -0.330 e. The Morgan fingerprint density at radius 2 is 2.47 bits per heavy atom. The van der Waals surface area contributed by atoms with Crippen LogP contribution in [0.15, 0.2) is 30.0 Å². The van der Waals surface area contributed by atoms with Crippen molar-refractivity contribution in [3.63, 3.8) is 0 Å². The van der Waals surface area contributed by atoms with Gasteiger partial charge in [-0.1, -0.05) is 6.07 Å². The van der Waals surface area contributed by atoms with Gasteiger partial charge in [0.1, 0.15) is 0 Å². The molecule has 0 aliphatic heterocycles. The summed E-state index contributed by atoms with van der Waals surface area (Å²) in [6.45, 7) is 2.86. The molecule has 2 heterocycles. The highest BCUT2D eigenvalue weighted by Gasteiger charge is 2.11. The highest BCUT2D eigenvalue weighted by atomic mass is 32.1. The Morgan fingerprint density at radius 3 is 3.13 bits per heavy atom. The first-order valence-corrected chi connectivity index (χ1v) is 5.95. The van der Waals surface area contributed by atoms with E-state index in [9.17, 15) is 0 Å². The van der Waals surface area contributed by atoms with Crippen molar-refractivity contribution in [3.05, 3.63) is 40.6 Å². The van der Waals surface area contributed by atoms with E-state index in [0.29, 0.717) is 12.6 Å². The third-order valence-electron chi connectivity index (χ3n) is 2.52. The zero-order chi connectivity index (χ0) is 10.7. The van der Waals surface area contributed by atoms with Crippen molar-refractivity contribution in [1.29, 1.82) is 0 Å². The van der Waals surface area contributed by atoms with E-state index in [1.165, 1.54) is 10.6 Å². The molecule has 0 saturated heterocycles. The number of hydrogen-bond acceptors (Lipinski definition) is 3. The second-order valence-corrected chi connectivity index (χ2v) is 4.50. The number of thiophene rings is 1. The maximum absolute atomic E-state index is 5.57. The molecular formula is C11H15N3S. The molecule has 0 aliphatic carbocycles. The minimum atomic E-state index is 0.356. The van der Waals surface area contributed by atoms with Crippen LogP contribution in [0.1, 0.15) is 23.5 Å². The van der Waals surface area contributed by atoms with Gasteiger partial charge in [0.2, 0.25) is 0 Å². The van der Waals surface area contributed by atoms with Gasteiger partial charge >= 0.3 is 0 Å². The average Bonchev–Trinajstić information content (AvgIpc) is 2.87. The molecule has 0 saturated carbocycles. The molecule has 0 bridgehead atoms. The fourth-order valence-electron chi connectivity index (χ4n) is 1.69. The summed E-state index contributed by atoms with van der Waals surface area (Å²) in [5.41, 5.74) is 6.78. The normalized spacial score (nSPS) is 12.9. The average molecular weight is 221 g/mol. The van der Waals surface area contributed by atoms with Crippen molar-refractivity contribution in [2.45, 2.75) is 19.4 Å². The molecule has 2 rings (SSSR count). The van der Waals surface area contributed by atoms with Crippen LogP contribution in [0.5, 0.6) is 0 Å². The lowest BCUT2D eigenvalue weighted by Crippen LogP contribution is -2.11. The largest absolute Gasteiger partial charge is 0.330 e. The summed E-state index contributed by atoms with van der Waals surface area (Å²) in [5, 5.41) is 2.10. The Labute approximate surface area is 93.6 Å². The van der Waals surface area contributed by atoms with Crippen LogP contribution in [0.25, 0.3) is 0 Å². The summed E-state index contributed by atoms with van der Waals surface area (Å²) in [4.78, 5) is 5.54. The molecule has 2 aromatic rings. The Bertz CT molecular complexity index is 405. The molecular weight excluding hydrogens is 206 g/mol. The van der Waals surface area contributed by atoms with E-state index in [-0.39, 0.29) is 0 Å². The first-order valence-electron chi connectivity index (χ1n) is 5.07. The van der Waals surface area contributed by atoms with Crippen molar-refractivity contribution in [3.8, 4) is 0 Å². The molecule has 2 N–H and O–H groups in total. The topological polar surface area (TPSA) is 43.8 Å². The predicted octanol–water partition coefficient (Wildman–Crippen LogP) is 2.06. The van der Waals surface area contributed by atoms with Crippen molar-refractivity contribution in [2.75, 3.05) is 6.54 Å². The maximum atomic E-state index is 5.57. The summed E-state index contributed by atoms with van der Waals surface area (Å²) in [7, 11) is 0. The molecule has 0 radical (unpaired) electrons. The lowest BCUT2D eigenvalue weighted by Gasteiger charge is -2.14. The second kappa shape index (κ2) is 4.59. The zero-order valence-corrected chi connectivity index (χ0v) is 9.57. The van der Waals surface area contributed by atoms with Gasteiger partial charge in [0.25, 0.3) is 0 Å². The van der Waals surface area contributed by atoms with Gasteiger partial charge in [-0.3, -0.25) is 0 Å². The number of rotatable bonds is 4. The first-order chi connectivity index (χ1) is 7.33. The van der Waals surface area contributed by atoms with E-state index in [1.54, 1.807) is 11.3 Å². The van der Waals surface area contributed by atoms with Gasteiger partial charge in [-0.05, 0) is 24.9 Å². The quantitative estimate of drug-likeness (QED) is 0.858. The minimum absolute atomic E-state index is 0.356. The third kappa shape index (κ3) is 2.11. The van der Waals surface area contributed by atoms with Gasteiger partial charge in [-0.2, -0.15) is 0 Å². The monoisotopic (exact) mass is 221 g/mol. The molecule has 1 atom stereocenters. The van der Waals surface area contributed by atoms with Crippen LogP contribution in [-0.2, 0) is 6.42 Å². The molecule has 1 unspecified atom stereocenters. The summed E-state index contributed by atoms with van der Waals surface area (Å²) in [6, 6.07) is 4.59. The number of aromatic nitrogens is 2. The highest BCUT2D eigenvalue weighted by Crippen LogP contribution is 2.23. The van der Waals surface area contributed by atoms with Gasteiger partial charge in [-0.15, -0.1) is 11.3 Å². The van der Waals surface area contributed by atoms with E-state index in [1.807, 2.05) is 12.5 Å². The number of nitrogens with two attached hydrogens (primary N) is 1. The van der Waals surface area contributed by atoms with E-state index in [4.69, 9.17) is 5.73 Å². The van der Waals surface area contributed by atoms with Crippen LogP contribution in [-0.4, -0.2) is 16.1 Å². The SMILES string of the molecule is CC(c1cccs1)n1cncc1CCN. The van der Waals surface area contributed by atoms with Gasteiger partial charge in [0, 0.05) is 23.2 Å². The van der Waals surface area contributed by atoms with Gasteiger partial charge in [-0.25, -0.2) is 4.98 Å². The molecule has 2 aromatic heterocycles. The Morgan fingerprint density at radius 1 is 1.60 bits per heavy atom. The van der Waals surface area contributed by atoms with Crippen LogP contribution in [0, 0.1) is 0 Å². The van der Waals surface area contributed by atoms with Gasteiger partial charge < -0.3 is 10.3 Å². The maximum Gasteiger partial charge on any atom is 0.0954 e. The molecule has 0 fully saturated rings. The molecule has 0 aliphatic rings. The summed E-state index contributed by atoms with van der Waals surface area (Å²) in [5.74, 6) is 0. The van der Waals surface area contributed by atoms with E-state index < -0.39 is 0 Å². The lowest BCUT2D eigenvalue weighted by molar-refractivity contribution is 0.616. The third-order valence-corrected chi connectivity index (χ3v) is 3.56. The molecule has 4 heteroatoms. The lowest BCUT2D eigenvalue weighted by atomic mass is 10.2. The van der Waals surface area contributed by atoms with Crippen molar-refractivity contribution >= 4 is 11.3 Å². The van der Waals surface area contributed by atoms with Gasteiger partial charge in [0.15, 0.2) is 0 Å². The smallest absolute Gasteiger partial charge is 0.0954 e. The van der Waals surface area contributed by atoms with Crippen molar-refractivity contribution in [1.82, 2.24) is 9.55 Å². The van der Waals surface area contributed by atoms with Crippen LogP contribution in [0.2, 0.25) is 0 Å². The number of imidazole rings is 1. The van der Waals surface area contributed by atoms with Crippen LogP contribution in [0.4, 0.5) is 0 Å². The summed E-state index contributed by atoms with van der Waals surface area (Å²) >= 11 is 1.78.